The Morgan fingerprint density at radius 2 is 2.14 bits per heavy atom. The standard InChI is InChI=1S/C17H19N3OS/c21-17(9-8-14-5-2-1-3-6-14)20(16-10-11-18-19-16)13-15-7-4-12-22-15/h1-9,12,16,18-19H,10-11,13H2/b9-8+. The summed E-state index contributed by atoms with van der Waals surface area (Å²) in [5.74, 6) is 0.0263. The second-order valence-electron chi connectivity index (χ2n) is 5.17. The molecule has 0 radical (unpaired) electrons. The van der Waals surface area contributed by atoms with E-state index in [1.165, 1.54) is 4.88 Å². The van der Waals surface area contributed by atoms with Crippen LogP contribution in [-0.2, 0) is 11.3 Å². The van der Waals surface area contributed by atoms with Crippen LogP contribution in [0.2, 0.25) is 0 Å². The summed E-state index contributed by atoms with van der Waals surface area (Å²) < 4.78 is 0. The molecule has 0 aliphatic carbocycles. The number of carbonyl (C=O) groups excluding carboxylic acids is 1. The van der Waals surface area contributed by atoms with Crippen LogP contribution in [-0.4, -0.2) is 23.5 Å². The smallest absolute Gasteiger partial charge is 0.248 e. The number of nitrogens with zero attached hydrogens (tertiary/aromatic N) is 1. The highest BCUT2D eigenvalue weighted by molar-refractivity contribution is 7.09. The zero-order valence-electron chi connectivity index (χ0n) is 12.2. The van der Waals surface area contributed by atoms with E-state index < -0.39 is 0 Å². The highest BCUT2D eigenvalue weighted by Crippen LogP contribution is 2.16. The number of thiophene rings is 1. The number of rotatable bonds is 5. The Bertz CT molecular complexity index is 619. The maximum atomic E-state index is 12.6. The third-order valence-corrected chi connectivity index (χ3v) is 4.46. The van der Waals surface area contributed by atoms with Gasteiger partial charge in [0.05, 0.1) is 12.7 Å². The molecule has 1 aromatic heterocycles. The molecular weight excluding hydrogens is 294 g/mol. The molecule has 1 unspecified atom stereocenters. The number of hydrogen-bond acceptors (Lipinski definition) is 4. The van der Waals surface area contributed by atoms with Gasteiger partial charge >= 0.3 is 0 Å². The second-order valence-corrected chi connectivity index (χ2v) is 6.20. The molecule has 5 heteroatoms. The molecule has 2 aromatic rings. The van der Waals surface area contributed by atoms with Gasteiger partial charge in [-0.3, -0.25) is 10.2 Å². The van der Waals surface area contributed by atoms with Gasteiger partial charge in [0.25, 0.3) is 0 Å². The maximum Gasteiger partial charge on any atom is 0.248 e. The summed E-state index contributed by atoms with van der Waals surface area (Å²) in [4.78, 5) is 15.7. The van der Waals surface area contributed by atoms with Crippen LogP contribution in [0.15, 0.2) is 53.9 Å². The van der Waals surface area contributed by atoms with Crippen molar-refractivity contribution in [2.45, 2.75) is 19.1 Å². The molecule has 1 saturated heterocycles. The summed E-state index contributed by atoms with van der Waals surface area (Å²) in [5, 5.41) is 2.04. The lowest BCUT2D eigenvalue weighted by molar-refractivity contribution is -0.129. The van der Waals surface area contributed by atoms with Gasteiger partial charge in [0, 0.05) is 17.5 Å². The summed E-state index contributed by atoms with van der Waals surface area (Å²) in [6, 6.07) is 14.0. The zero-order valence-corrected chi connectivity index (χ0v) is 13.1. The minimum Gasteiger partial charge on any atom is -0.317 e. The Balaban J connectivity index is 1.72. The molecule has 2 heterocycles. The number of carbonyl (C=O) groups is 1. The molecule has 114 valence electrons. The summed E-state index contributed by atoms with van der Waals surface area (Å²) >= 11 is 1.68. The molecule has 1 fully saturated rings. The number of hydrogen-bond donors (Lipinski definition) is 2. The van der Waals surface area contributed by atoms with Crippen LogP contribution >= 0.6 is 11.3 Å². The van der Waals surface area contributed by atoms with E-state index in [1.807, 2.05) is 52.8 Å². The fraction of sp³-hybridized carbons (Fsp3) is 0.235. The van der Waals surface area contributed by atoms with E-state index in [0.29, 0.717) is 6.54 Å². The van der Waals surface area contributed by atoms with E-state index in [-0.39, 0.29) is 12.1 Å². The SMILES string of the molecule is O=C(/C=C/c1ccccc1)N(Cc1cccs1)C1CCNN1. The van der Waals surface area contributed by atoms with Crippen molar-refractivity contribution in [3.8, 4) is 0 Å². The summed E-state index contributed by atoms with van der Waals surface area (Å²) in [6.45, 7) is 1.51. The van der Waals surface area contributed by atoms with Crippen molar-refractivity contribution >= 4 is 23.3 Å². The normalized spacial score (nSPS) is 17.9. The average molecular weight is 313 g/mol. The van der Waals surface area contributed by atoms with Crippen molar-refractivity contribution in [3.05, 3.63) is 64.4 Å². The molecule has 2 N–H and O–H groups in total. The molecule has 3 rings (SSSR count). The van der Waals surface area contributed by atoms with E-state index in [1.54, 1.807) is 17.4 Å². The fourth-order valence-corrected chi connectivity index (χ4v) is 3.15. The van der Waals surface area contributed by atoms with Gasteiger partial charge in [-0.2, -0.15) is 0 Å². The van der Waals surface area contributed by atoms with Crippen LogP contribution in [0.25, 0.3) is 6.08 Å². The first-order valence-corrected chi connectivity index (χ1v) is 8.25. The minimum atomic E-state index is 0.0263. The molecule has 0 bridgehead atoms. The molecule has 4 nitrogen and oxygen atoms in total. The van der Waals surface area contributed by atoms with Crippen LogP contribution in [0.1, 0.15) is 16.9 Å². The van der Waals surface area contributed by atoms with Crippen molar-refractivity contribution in [1.29, 1.82) is 0 Å². The second kappa shape index (κ2) is 7.35. The Labute approximate surface area is 134 Å². The van der Waals surface area contributed by atoms with E-state index in [0.717, 1.165) is 18.5 Å². The summed E-state index contributed by atoms with van der Waals surface area (Å²) in [6.07, 6.45) is 4.47. The summed E-state index contributed by atoms with van der Waals surface area (Å²) in [5.41, 5.74) is 7.30. The topological polar surface area (TPSA) is 44.4 Å². The first-order valence-electron chi connectivity index (χ1n) is 7.37. The molecule has 1 atom stereocenters. The van der Waals surface area contributed by atoms with E-state index >= 15 is 0 Å². The highest BCUT2D eigenvalue weighted by atomic mass is 32.1. The van der Waals surface area contributed by atoms with E-state index in [9.17, 15) is 4.79 Å². The fourth-order valence-electron chi connectivity index (χ4n) is 2.44. The number of nitrogens with one attached hydrogen (secondary N) is 2. The van der Waals surface area contributed by atoms with Gasteiger partial charge in [-0.1, -0.05) is 36.4 Å². The van der Waals surface area contributed by atoms with E-state index in [2.05, 4.69) is 16.9 Å². The Morgan fingerprint density at radius 1 is 1.27 bits per heavy atom. The van der Waals surface area contributed by atoms with Gasteiger partial charge in [-0.05, 0) is 29.5 Å². The quantitative estimate of drug-likeness (QED) is 0.834. The van der Waals surface area contributed by atoms with Crippen LogP contribution in [0, 0.1) is 0 Å². The Kier molecular flexibility index (Phi) is 5.00. The largest absolute Gasteiger partial charge is 0.317 e. The third kappa shape index (κ3) is 3.82. The third-order valence-electron chi connectivity index (χ3n) is 3.59. The van der Waals surface area contributed by atoms with E-state index in [4.69, 9.17) is 0 Å². The van der Waals surface area contributed by atoms with Crippen molar-refractivity contribution in [2.75, 3.05) is 6.54 Å². The van der Waals surface area contributed by atoms with Crippen LogP contribution in [0.4, 0.5) is 0 Å². The average Bonchev–Trinajstić information content (AvgIpc) is 3.24. The van der Waals surface area contributed by atoms with Crippen LogP contribution < -0.4 is 10.9 Å². The molecule has 0 spiro atoms. The first kappa shape index (κ1) is 15.0. The van der Waals surface area contributed by atoms with Crippen LogP contribution in [0.3, 0.4) is 0 Å². The monoisotopic (exact) mass is 313 g/mol. The van der Waals surface area contributed by atoms with Gasteiger partial charge in [0.1, 0.15) is 0 Å². The van der Waals surface area contributed by atoms with Crippen molar-refractivity contribution in [2.24, 2.45) is 0 Å². The molecule has 1 amide bonds. The molecule has 22 heavy (non-hydrogen) atoms. The first-order chi connectivity index (χ1) is 10.8. The Morgan fingerprint density at radius 3 is 2.82 bits per heavy atom. The molecular formula is C17H19N3OS. The van der Waals surface area contributed by atoms with Crippen LogP contribution in [0.5, 0.6) is 0 Å². The number of amides is 1. The number of benzene rings is 1. The minimum absolute atomic E-state index is 0.0263. The highest BCUT2D eigenvalue weighted by Gasteiger charge is 2.25. The van der Waals surface area contributed by atoms with Crippen molar-refractivity contribution in [3.63, 3.8) is 0 Å². The molecule has 0 saturated carbocycles. The lowest BCUT2D eigenvalue weighted by atomic mass is 10.2. The Hall–Kier alpha value is -1.95. The lowest BCUT2D eigenvalue weighted by Crippen LogP contribution is -2.46. The van der Waals surface area contributed by atoms with Gasteiger partial charge in [0.2, 0.25) is 5.91 Å². The summed E-state index contributed by atoms with van der Waals surface area (Å²) in [7, 11) is 0. The van der Waals surface area contributed by atoms with Gasteiger partial charge in [-0.25, -0.2) is 5.43 Å². The molecule has 1 aliphatic rings. The van der Waals surface area contributed by atoms with Crippen molar-refractivity contribution < 1.29 is 4.79 Å². The van der Waals surface area contributed by atoms with Gasteiger partial charge < -0.3 is 4.90 Å². The molecule has 1 aromatic carbocycles. The van der Waals surface area contributed by atoms with Gasteiger partial charge in [-0.15, -0.1) is 11.3 Å². The van der Waals surface area contributed by atoms with Crippen molar-refractivity contribution in [1.82, 2.24) is 15.8 Å². The zero-order chi connectivity index (χ0) is 15.2. The van der Waals surface area contributed by atoms with Gasteiger partial charge in [0.15, 0.2) is 0 Å². The maximum absolute atomic E-state index is 12.6. The number of hydrazine groups is 1. The predicted octanol–water partition coefficient (Wildman–Crippen LogP) is 2.61. The molecule has 1 aliphatic heterocycles. The lowest BCUT2D eigenvalue weighted by Gasteiger charge is -2.27. The predicted molar refractivity (Wildman–Crippen MR) is 89.9 cm³/mol.